The van der Waals surface area contributed by atoms with Gasteiger partial charge in [0.15, 0.2) is 5.96 Å². The maximum Gasteiger partial charge on any atom is 0.193 e. The van der Waals surface area contributed by atoms with Gasteiger partial charge in [0, 0.05) is 12.2 Å². The third kappa shape index (κ3) is 4.81. The van der Waals surface area contributed by atoms with E-state index < -0.39 is 0 Å². The average Bonchev–Trinajstić information content (AvgIpc) is 2.44. The van der Waals surface area contributed by atoms with E-state index in [2.05, 4.69) is 34.6 Å². The molecular weight excluding hydrogens is 361 g/mol. The summed E-state index contributed by atoms with van der Waals surface area (Å²) >= 11 is 0. The van der Waals surface area contributed by atoms with Gasteiger partial charge < -0.3 is 11.1 Å². The molecule has 0 unspecified atom stereocenters. The minimum absolute atomic E-state index is 0. The number of aryl methyl sites for hydroxylation is 1. The molecule has 0 saturated heterocycles. The average molecular weight is 385 g/mol. The molecule has 0 amide bonds. The molecule has 0 saturated carbocycles. The van der Waals surface area contributed by atoms with E-state index in [0.29, 0.717) is 5.96 Å². The summed E-state index contributed by atoms with van der Waals surface area (Å²) in [4.78, 5) is 4.34. The van der Waals surface area contributed by atoms with Gasteiger partial charge in [0.1, 0.15) is 0 Å². The Morgan fingerprint density at radius 3 is 2.95 bits per heavy atom. The fourth-order valence-corrected chi connectivity index (χ4v) is 2.50. The van der Waals surface area contributed by atoms with Gasteiger partial charge in [-0.3, -0.25) is 4.99 Å². The van der Waals surface area contributed by atoms with Gasteiger partial charge in [0.2, 0.25) is 0 Å². The van der Waals surface area contributed by atoms with Crippen molar-refractivity contribution in [3.8, 4) is 0 Å². The van der Waals surface area contributed by atoms with Crippen LogP contribution < -0.4 is 11.1 Å². The van der Waals surface area contributed by atoms with Crippen LogP contribution in [0.25, 0.3) is 0 Å². The lowest BCUT2D eigenvalue weighted by molar-refractivity contribution is 0.687. The highest BCUT2D eigenvalue weighted by molar-refractivity contribution is 14.0. The minimum Gasteiger partial charge on any atom is -0.370 e. The van der Waals surface area contributed by atoms with Crippen LogP contribution in [-0.4, -0.2) is 12.5 Å². The molecular formula is C16H24IN3. The van der Waals surface area contributed by atoms with Crippen LogP contribution in [0.2, 0.25) is 0 Å². The zero-order valence-electron chi connectivity index (χ0n) is 12.1. The number of guanidine groups is 1. The summed E-state index contributed by atoms with van der Waals surface area (Å²) in [5.74, 6) is 0.517. The molecule has 0 atom stereocenters. The Labute approximate surface area is 138 Å². The van der Waals surface area contributed by atoms with E-state index in [1.165, 1.54) is 30.4 Å². The van der Waals surface area contributed by atoms with Gasteiger partial charge in [-0.15, -0.1) is 24.0 Å². The first kappa shape index (κ1) is 17.0. The predicted molar refractivity (Wildman–Crippen MR) is 98.0 cm³/mol. The summed E-state index contributed by atoms with van der Waals surface area (Å²) < 4.78 is 0. The van der Waals surface area contributed by atoms with Gasteiger partial charge in [-0.25, -0.2) is 0 Å². The van der Waals surface area contributed by atoms with Crippen molar-refractivity contribution in [1.29, 1.82) is 0 Å². The fraction of sp³-hybridized carbons (Fsp3) is 0.438. The van der Waals surface area contributed by atoms with Crippen molar-refractivity contribution >= 4 is 35.6 Å². The fourth-order valence-electron chi connectivity index (χ4n) is 2.50. The Morgan fingerprint density at radius 1 is 1.35 bits per heavy atom. The topological polar surface area (TPSA) is 50.4 Å². The second-order valence-electron chi connectivity index (χ2n) is 4.90. The van der Waals surface area contributed by atoms with Crippen molar-refractivity contribution in [3.63, 3.8) is 0 Å². The molecule has 20 heavy (non-hydrogen) atoms. The number of hydrogen-bond acceptors (Lipinski definition) is 1. The summed E-state index contributed by atoms with van der Waals surface area (Å²) in [6.07, 6.45) is 9.96. The van der Waals surface area contributed by atoms with Crippen molar-refractivity contribution in [1.82, 2.24) is 0 Å². The lowest BCUT2D eigenvalue weighted by atomic mass is 9.90. The third-order valence-corrected chi connectivity index (χ3v) is 3.47. The SMILES string of the molecule is CC=CCCN=C(N)Nc1cccc2c1CCCC2.I. The highest BCUT2D eigenvalue weighted by Gasteiger charge is 2.12. The Balaban J connectivity index is 0.00000200. The summed E-state index contributed by atoms with van der Waals surface area (Å²) in [5.41, 5.74) is 9.94. The molecule has 2 rings (SSSR count). The van der Waals surface area contributed by atoms with E-state index in [0.717, 1.165) is 25.1 Å². The third-order valence-electron chi connectivity index (χ3n) is 3.47. The number of hydrogen-bond donors (Lipinski definition) is 2. The molecule has 0 spiro atoms. The number of halogens is 1. The smallest absolute Gasteiger partial charge is 0.193 e. The number of fused-ring (bicyclic) bond motifs is 1. The van der Waals surface area contributed by atoms with E-state index in [4.69, 9.17) is 5.73 Å². The van der Waals surface area contributed by atoms with Crippen LogP contribution >= 0.6 is 24.0 Å². The molecule has 0 aliphatic heterocycles. The maximum atomic E-state index is 5.94. The van der Waals surface area contributed by atoms with Crippen molar-refractivity contribution in [2.75, 3.05) is 11.9 Å². The first-order valence-electron chi connectivity index (χ1n) is 7.10. The summed E-state index contributed by atoms with van der Waals surface area (Å²) in [6, 6.07) is 6.41. The number of nitrogens with one attached hydrogen (secondary N) is 1. The molecule has 110 valence electrons. The van der Waals surface area contributed by atoms with Gasteiger partial charge >= 0.3 is 0 Å². The Kier molecular flexibility index (Phi) is 7.65. The standard InChI is InChI=1S/C16H23N3.HI/c1-2-3-6-12-18-16(17)19-15-11-7-9-13-8-4-5-10-14(13)15;/h2-3,7,9,11H,4-6,8,10,12H2,1H3,(H3,17,18,19);1H. The molecule has 3 nitrogen and oxygen atoms in total. The minimum atomic E-state index is 0. The van der Waals surface area contributed by atoms with Crippen molar-refractivity contribution in [2.45, 2.75) is 39.0 Å². The van der Waals surface area contributed by atoms with E-state index in [9.17, 15) is 0 Å². The number of allylic oxidation sites excluding steroid dienone is 1. The summed E-state index contributed by atoms with van der Waals surface area (Å²) in [7, 11) is 0. The molecule has 1 aromatic carbocycles. The van der Waals surface area contributed by atoms with Gasteiger partial charge in [-0.1, -0.05) is 24.3 Å². The zero-order chi connectivity index (χ0) is 13.5. The Hall–Kier alpha value is -1.04. The number of anilines is 1. The largest absolute Gasteiger partial charge is 0.370 e. The molecule has 0 heterocycles. The molecule has 0 fully saturated rings. The van der Waals surface area contributed by atoms with Gasteiger partial charge in [0.05, 0.1) is 0 Å². The first-order valence-corrected chi connectivity index (χ1v) is 7.10. The van der Waals surface area contributed by atoms with Crippen molar-refractivity contribution in [3.05, 3.63) is 41.5 Å². The Bertz CT molecular complexity index is 481. The maximum absolute atomic E-state index is 5.94. The molecule has 1 aromatic rings. The van der Waals surface area contributed by atoms with Crippen LogP contribution in [0.5, 0.6) is 0 Å². The highest BCUT2D eigenvalue weighted by Crippen LogP contribution is 2.27. The van der Waals surface area contributed by atoms with Crippen LogP contribution in [0.3, 0.4) is 0 Å². The first-order chi connectivity index (χ1) is 9.31. The number of benzene rings is 1. The van der Waals surface area contributed by atoms with E-state index in [1.807, 2.05) is 13.0 Å². The Morgan fingerprint density at radius 2 is 2.15 bits per heavy atom. The molecule has 1 aliphatic carbocycles. The predicted octanol–water partition coefficient (Wildman–Crippen LogP) is 3.88. The quantitative estimate of drug-likeness (QED) is 0.272. The van der Waals surface area contributed by atoms with Crippen LogP contribution in [0.4, 0.5) is 5.69 Å². The van der Waals surface area contributed by atoms with Crippen molar-refractivity contribution < 1.29 is 0 Å². The van der Waals surface area contributed by atoms with Gasteiger partial charge in [-0.05, 0) is 56.2 Å². The van der Waals surface area contributed by atoms with Crippen molar-refractivity contribution in [2.24, 2.45) is 10.7 Å². The van der Waals surface area contributed by atoms with E-state index in [1.54, 1.807) is 0 Å². The van der Waals surface area contributed by atoms with Crippen LogP contribution in [0.15, 0.2) is 35.3 Å². The number of aliphatic imine (C=N–C) groups is 1. The van der Waals surface area contributed by atoms with Crippen LogP contribution in [-0.2, 0) is 12.8 Å². The zero-order valence-corrected chi connectivity index (χ0v) is 14.4. The second kappa shape index (κ2) is 9.00. The highest BCUT2D eigenvalue weighted by atomic mass is 127. The van der Waals surface area contributed by atoms with Crippen LogP contribution in [0.1, 0.15) is 37.3 Å². The van der Waals surface area contributed by atoms with Gasteiger partial charge in [-0.2, -0.15) is 0 Å². The molecule has 3 N–H and O–H groups in total. The summed E-state index contributed by atoms with van der Waals surface area (Å²) in [6.45, 7) is 2.75. The lowest BCUT2D eigenvalue weighted by Gasteiger charge is -2.19. The second-order valence-corrected chi connectivity index (χ2v) is 4.90. The van der Waals surface area contributed by atoms with Gasteiger partial charge in [0.25, 0.3) is 0 Å². The number of nitrogens with two attached hydrogens (primary N) is 1. The van der Waals surface area contributed by atoms with Crippen LogP contribution in [0, 0.1) is 0 Å². The lowest BCUT2D eigenvalue weighted by Crippen LogP contribution is -2.24. The summed E-state index contributed by atoms with van der Waals surface area (Å²) in [5, 5.41) is 3.25. The number of rotatable bonds is 4. The normalized spacial score (nSPS) is 14.8. The molecule has 1 aliphatic rings. The number of nitrogens with zero attached hydrogens (tertiary/aromatic N) is 1. The van der Waals surface area contributed by atoms with E-state index >= 15 is 0 Å². The molecule has 4 heteroatoms. The monoisotopic (exact) mass is 385 g/mol. The molecule has 0 radical (unpaired) electrons. The van der Waals surface area contributed by atoms with E-state index in [-0.39, 0.29) is 24.0 Å². The molecule has 0 bridgehead atoms. The molecule has 0 aromatic heterocycles.